The quantitative estimate of drug-likeness (QED) is 0.214. The lowest BCUT2D eigenvalue weighted by Gasteiger charge is -2.32. The van der Waals surface area contributed by atoms with E-state index in [9.17, 15) is 9.59 Å². The number of nitrogens with one attached hydrogen (secondary N) is 4. The number of anilines is 5. The lowest BCUT2D eigenvalue weighted by Crippen LogP contribution is -2.47. The van der Waals surface area contributed by atoms with Gasteiger partial charge in [-0.05, 0) is 74.5 Å². The van der Waals surface area contributed by atoms with Crippen molar-refractivity contribution in [2.75, 3.05) is 87.4 Å². The molecular weight excluding hydrogens is 568 g/mol. The van der Waals surface area contributed by atoms with Crippen LogP contribution >= 0.6 is 0 Å². The highest BCUT2D eigenvalue weighted by molar-refractivity contribution is 5.96. The lowest BCUT2D eigenvalue weighted by atomic mass is 10.1. The highest BCUT2D eigenvalue weighted by Gasteiger charge is 2.29. The van der Waals surface area contributed by atoms with Gasteiger partial charge in [0.1, 0.15) is 5.82 Å². The van der Waals surface area contributed by atoms with Crippen LogP contribution in [-0.4, -0.2) is 110 Å². The Morgan fingerprint density at radius 1 is 1.00 bits per heavy atom. The molecule has 12 heteroatoms. The van der Waals surface area contributed by atoms with Crippen molar-refractivity contribution in [3.05, 3.63) is 66.4 Å². The standard InChI is InChI=1S/C33H42N10O2/c1-40(2)26-9-6-23(7-10-26)33(45)34-21-27-5-4-14-43(27)32-29(37-31(44)22-42-17-15-41(3)16-18-42)12-13-30(38-32)36-25-8-11-28-24(19-25)20-35-39-28/h6-13,19-20,27H,4-5,14-18,21-22H2,1-3H3,(H,34,45)(H,35,39)(H,36,38)(H,37,44)/t27-/m0/s1. The molecule has 0 spiro atoms. The number of nitrogens with zero attached hydrogens (tertiary/aromatic N) is 6. The SMILES string of the molecule is CN1CCN(CC(=O)Nc2ccc(Nc3ccc4[nH]ncc4c3)nc2N2CCC[C@H]2CNC(=O)c2ccc(N(C)C)cc2)CC1. The summed E-state index contributed by atoms with van der Waals surface area (Å²) in [7, 11) is 6.06. The molecule has 0 unspecified atom stereocenters. The molecule has 4 aromatic rings. The molecule has 6 rings (SSSR count). The summed E-state index contributed by atoms with van der Waals surface area (Å²) in [5, 5.41) is 17.8. The summed E-state index contributed by atoms with van der Waals surface area (Å²) in [5.41, 5.74) is 4.19. The Morgan fingerprint density at radius 2 is 1.80 bits per heavy atom. The molecule has 2 aromatic heterocycles. The van der Waals surface area contributed by atoms with Crippen molar-refractivity contribution in [3.8, 4) is 0 Å². The van der Waals surface area contributed by atoms with Crippen LogP contribution in [0.25, 0.3) is 10.9 Å². The van der Waals surface area contributed by atoms with Crippen molar-refractivity contribution < 1.29 is 9.59 Å². The summed E-state index contributed by atoms with van der Waals surface area (Å²) in [6.07, 6.45) is 3.66. The van der Waals surface area contributed by atoms with Crippen LogP contribution in [0.1, 0.15) is 23.2 Å². The van der Waals surface area contributed by atoms with E-state index in [1.54, 1.807) is 6.20 Å². The molecule has 4 heterocycles. The minimum Gasteiger partial charge on any atom is -0.378 e. The van der Waals surface area contributed by atoms with Crippen molar-refractivity contribution in [3.63, 3.8) is 0 Å². The van der Waals surface area contributed by atoms with Gasteiger partial charge in [-0.2, -0.15) is 5.10 Å². The average molecular weight is 611 g/mol. The van der Waals surface area contributed by atoms with Crippen LogP contribution in [0, 0.1) is 0 Å². The maximum absolute atomic E-state index is 13.2. The molecule has 2 aliphatic heterocycles. The fourth-order valence-corrected chi connectivity index (χ4v) is 5.95. The molecule has 0 saturated carbocycles. The van der Waals surface area contributed by atoms with Crippen LogP contribution in [0.5, 0.6) is 0 Å². The fourth-order valence-electron chi connectivity index (χ4n) is 5.95. The molecule has 236 valence electrons. The summed E-state index contributed by atoms with van der Waals surface area (Å²) in [6, 6.07) is 17.4. The zero-order chi connectivity index (χ0) is 31.3. The first-order chi connectivity index (χ1) is 21.8. The Kier molecular flexibility index (Phi) is 9.13. The molecule has 2 saturated heterocycles. The Morgan fingerprint density at radius 3 is 2.58 bits per heavy atom. The number of rotatable bonds is 10. The van der Waals surface area contributed by atoms with E-state index in [0.29, 0.717) is 36.0 Å². The van der Waals surface area contributed by atoms with Crippen molar-refractivity contribution >= 4 is 51.4 Å². The van der Waals surface area contributed by atoms with Gasteiger partial charge in [-0.3, -0.25) is 19.6 Å². The minimum absolute atomic E-state index is 0.0355. The maximum Gasteiger partial charge on any atom is 0.251 e. The first kappa shape index (κ1) is 30.4. The fraction of sp³-hybridized carbons (Fsp3) is 0.394. The Hall–Kier alpha value is -4.68. The zero-order valence-electron chi connectivity index (χ0n) is 26.2. The van der Waals surface area contributed by atoms with Gasteiger partial charge >= 0.3 is 0 Å². The molecule has 2 aliphatic rings. The number of carbonyl (C=O) groups is 2. The molecular formula is C33H42N10O2. The van der Waals surface area contributed by atoms with Gasteiger partial charge in [-0.25, -0.2) is 4.98 Å². The van der Waals surface area contributed by atoms with Gasteiger partial charge in [-0.15, -0.1) is 0 Å². The third-order valence-electron chi connectivity index (χ3n) is 8.62. The highest BCUT2D eigenvalue weighted by Crippen LogP contribution is 2.33. The number of hydrogen-bond donors (Lipinski definition) is 4. The number of carbonyl (C=O) groups excluding carboxylic acids is 2. The predicted octanol–water partition coefficient (Wildman–Crippen LogP) is 3.35. The van der Waals surface area contributed by atoms with Crippen molar-refractivity contribution in [1.29, 1.82) is 0 Å². The van der Waals surface area contributed by atoms with Crippen LogP contribution in [0.2, 0.25) is 0 Å². The average Bonchev–Trinajstić information content (AvgIpc) is 3.71. The minimum atomic E-state index is -0.106. The van der Waals surface area contributed by atoms with E-state index in [4.69, 9.17) is 4.98 Å². The molecule has 0 radical (unpaired) electrons. The highest BCUT2D eigenvalue weighted by atomic mass is 16.2. The van der Waals surface area contributed by atoms with Gasteiger partial charge in [-0.1, -0.05) is 0 Å². The molecule has 1 atom stereocenters. The van der Waals surface area contributed by atoms with E-state index < -0.39 is 0 Å². The summed E-state index contributed by atoms with van der Waals surface area (Å²) < 4.78 is 0. The second-order valence-corrected chi connectivity index (χ2v) is 12.1. The number of pyridine rings is 1. The second kappa shape index (κ2) is 13.5. The van der Waals surface area contributed by atoms with Gasteiger partial charge in [0, 0.05) is 81.7 Å². The van der Waals surface area contributed by atoms with Crippen LogP contribution in [-0.2, 0) is 4.79 Å². The molecule has 2 fully saturated rings. The Labute approximate surface area is 263 Å². The van der Waals surface area contributed by atoms with Gasteiger partial charge in [0.05, 0.1) is 23.9 Å². The van der Waals surface area contributed by atoms with Crippen molar-refractivity contribution in [2.24, 2.45) is 0 Å². The zero-order valence-corrected chi connectivity index (χ0v) is 26.2. The van der Waals surface area contributed by atoms with Gasteiger partial charge in [0.2, 0.25) is 5.91 Å². The largest absolute Gasteiger partial charge is 0.378 e. The molecule has 0 bridgehead atoms. The van der Waals surface area contributed by atoms with Crippen molar-refractivity contribution in [1.82, 2.24) is 30.3 Å². The van der Waals surface area contributed by atoms with Gasteiger partial charge in [0.15, 0.2) is 5.82 Å². The predicted molar refractivity (Wildman–Crippen MR) is 180 cm³/mol. The van der Waals surface area contributed by atoms with Crippen molar-refractivity contribution in [2.45, 2.75) is 18.9 Å². The number of hydrogen-bond acceptors (Lipinski definition) is 9. The second-order valence-electron chi connectivity index (χ2n) is 12.1. The van der Waals surface area contributed by atoms with Crippen LogP contribution in [0.3, 0.4) is 0 Å². The summed E-state index contributed by atoms with van der Waals surface area (Å²) in [4.78, 5) is 40.0. The van der Waals surface area contributed by atoms with Crippen LogP contribution in [0.15, 0.2) is 60.8 Å². The monoisotopic (exact) mass is 610 g/mol. The molecule has 0 aliphatic carbocycles. The molecule has 12 nitrogen and oxygen atoms in total. The lowest BCUT2D eigenvalue weighted by molar-refractivity contribution is -0.117. The number of aromatic amines is 1. The topological polar surface area (TPSA) is 125 Å². The Balaban J connectivity index is 1.20. The van der Waals surface area contributed by atoms with E-state index >= 15 is 0 Å². The van der Waals surface area contributed by atoms with Gasteiger partial charge in [0.25, 0.3) is 5.91 Å². The smallest absolute Gasteiger partial charge is 0.251 e. The van der Waals surface area contributed by atoms with E-state index in [1.807, 2.05) is 73.6 Å². The normalized spacial score (nSPS) is 17.4. The summed E-state index contributed by atoms with van der Waals surface area (Å²) >= 11 is 0. The third-order valence-corrected chi connectivity index (χ3v) is 8.62. The number of fused-ring (bicyclic) bond motifs is 1. The van der Waals surface area contributed by atoms with Crippen LogP contribution < -0.4 is 25.8 Å². The van der Waals surface area contributed by atoms with E-state index in [-0.39, 0.29) is 17.9 Å². The molecule has 45 heavy (non-hydrogen) atoms. The van der Waals surface area contributed by atoms with Crippen LogP contribution in [0.4, 0.5) is 28.7 Å². The van der Waals surface area contributed by atoms with Gasteiger partial charge < -0.3 is 30.7 Å². The number of piperazine rings is 1. The number of H-pyrrole nitrogens is 1. The first-order valence-electron chi connectivity index (χ1n) is 15.6. The third kappa shape index (κ3) is 7.35. The summed E-state index contributed by atoms with van der Waals surface area (Å²) in [5.74, 6) is 1.20. The number of benzene rings is 2. The Bertz CT molecular complexity index is 1630. The molecule has 4 N–H and O–H groups in total. The number of amides is 2. The maximum atomic E-state index is 13.2. The number of aromatic nitrogens is 3. The van der Waals surface area contributed by atoms with E-state index in [0.717, 1.165) is 67.8 Å². The first-order valence-corrected chi connectivity index (χ1v) is 15.6. The molecule has 2 aromatic carbocycles. The van der Waals surface area contributed by atoms with E-state index in [1.165, 1.54) is 0 Å². The number of likely N-dealkylation sites (N-methyl/N-ethyl adjacent to an activating group) is 1. The van der Waals surface area contributed by atoms with E-state index in [2.05, 4.69) is 47.9 Å². The molecule has 2 amide bonds. The summed E-state index contributed by atoms with van der Waals surface area (Å²) in [6.45, 7) is 5.22.